The van der Waals surface area contributed by atoms with Crippen LogP contribution in [0, 0.1) is 13.8 Å². The number of ether oxygens (including phenoxy) is 2. The van der Waals surface area contributed by atoms with Crippen LogP contribution >= 0.6 is 11.8 Å². The highest BCUT2D eigenvalue weighted by Crippen LogP contribution is 2.39. The summed E-state index contributed by atoms with van der Waals surface area (Å²) in [5.74, 6) is 2.24. The lowest BCUT2D eigenvalue weighted by Gasteiger charge is -2.26. The molecule has 0 unspecified atom stereocenters. The van der Waals surface area contributed by atoms with Crippen molar-refractivity contribution in [2.24, 2.45) is 0 Å². The predicted molar refractivity (Wildman–Crippen MR) is 126 cm³/mol. The first-order chi connectivity index (χ1) is 15.6. The number of imidazole rings is 1. The van der Waals surface area contributed by atoms with Crippen LogP contribution in [0.4, 0.5) is 0 Å². The number of fused-ring (bicyclic) bond motifs is 1. The Labute approximate surface area is 194 Å². The lowest BCUT2D eigenvalue weighted by Crippen LogP contribution is -2.32. The molecule has 3 heterocycles. The van der Waals surface area contributed by atoms with Gasteiger partial charge in [0.2, 0.25) is 5.91 Å². The Kier molecular flexibility index (Phi) is 6.35. The van der Waals surface area contributed by atoms with Gasteiger partial charge in [0.1, 0.15) is 0 Å². The number of aryl methyl sites for hydroxylation is 1. The number of thioether (sulfide) groups is 1. The van der Waals surface area contributed by atoms with Crippen molar-refractivity contribution < 1.29 is 14.3 Å². The Hall–Kier alpha value is -2.15. The second-order valence-corrected chi connectivity index (χ2v) is 10.1. The summed E-state index contributed by atoms with van der Waals surface area (Å²) < 4.78 is 14.1. The Morgan fingerprint density at radius 2 is 1.84 bits per heavy atom. The van der Waals surface area contributed by atoms with Crippen molar-refractivity contribution in [2.75, 3.05) is 25.5 Å². The molecule has 1 atom stereocenters. The lowest BCUT2D eigenvalue weighted by atomic mass is 10.0. The van der Waals surface area contributed by atoms with E-state index in [0.29, 0.717) is 25.0 Å². The van der Waals surface area contributed by atoms with E-state index < -0.39 is 0 Å². The van der Waals surface area contributed by atoms with Crippen LogP contribution in [0.5, 0.6) is 11.5 Å². The Bertz CT molecular complexity index is 983. The topological polar surface area (TPSA) is 56.6 Å². The third-order valence-electron chi connectivity index (χ3n) is 7.10. The monoisotopic (exact) mass is 455 g/mol. The van der Waals surface area contributed by atoms with Gasteiger partial charge in [0, 0.05) is 24.7 Å². The Morgan fingerprint density at radius 1 is 1.06 bits per heavy atom. The number of hydrogen-bond donors (Lipinski definition) is 0. The minimum Gasteiger partial charge on any atom is -0.490 e. The molecule has 5 rings (SSSR count). The van der Waals surface area contributed by atoms with Crippen LogP contribution in [0.1, 0.15) is 74.0 Å². The van der Waals surface area contributed by atoms with Crippen LogP contribution in [-0.2, 0) is 4.79 Å². The molecule has 1 saturated heterocycles. The van der Waals surface area contributed by atoms with E-state index in [1.54, 1.807) is 11.8 Å². The molecule has 3 aliphatic rings. The van der Waals surface area contributed by atoms with Crippen molar-refractivity contribution in [3.05, 3.63) is 35.2 Å². The number of amides is 1. The van der Waals surface area contributed by atoms with Gasteiger partial charge in [-0.1, -0.05) is 30.7 Å². The summed E-state index contributed by atoms with van der Waals surface area (Å²) in [5.41, 5.74) is 3.47. The van der Waals surface area contributed by atoms with Crippen LogP contribution in [0.2, 0.25) is 0 Å². The largest absolute Gasteiger partial charge is 0.490 e. The number of rotatable bonds is 5. The maximum atomic E-state index is 13.3. The summed E-state index contributed by atoms with van der Waals surface area (Å²) in [7, 11) is 0. The molecule has 0 spiro atoms. The molecular weight excluding hydrogens is 422 g/mol. The molecule has 2 fully saturated rings. The van der Waals surface area contributed by atoms with E-state index in [0.717, 1.165) is 53.7 Å². The molecule has 6 nitrogen and oxygen atoms in total. The molecule has 0 N–H and O–H groups in total. The molecule has 1 aromatic carbocycles. The van der Waals surface area contributed by atoms with E-state index in [1.165, 1.54) is 31.4 Å². The average Bonchev–Trinajstić information content (AvgIpc) is 3.51. The first-order valence-electron chi connectivity index (χ1n) is 12.0. The summed E-state index contributed by atoms with van der Waals surface area (Å²) >= 11 is 1.60. The second-order valence-electron chi connectivity index (χ2n) is 9.16. The highest BCUT2D eigenvalue weighted by Gasteiger charge is 2.31. The summed E-state index contributed by atoms with van der Waals surface area (Å²) in [5, 5.41) is 1.01. The van der Waals surface area contributed by atoms with Gasteiger partial charge >= 0.3 is 0 Å². The molecule has 0 radical (unpaired) electrons. The van der Waals surface area contributed by atoms with Gasteiger partial charge in [-0.05, 0) is 57.2 Å². The smallest absolute Gasteiger partial charge is 0.233 e. The zero-order chi connectivity index (χ0) is 22.1. The van der Waals surface area contributed by atoms with Crippen molar-refractivity contribution in [2.45, 2.75) is 76.0 Å². The summed E-state index contributed by atoms with van der Waals surface area (Å²) in [6.45, 7) is 6.41. The minimum absolute atomic E-state index is 0.110. The van der Waals surface area contributed by atoms with E-state index in [4.69, 9.17) is 14.5 Å². The summed E-state index contributed by atoms with van der Waals surface area (Å²) in [4.78, 5) is 20.1. The van der Waals surface area contributed by atoms with Crippen molar-refractivity contribution in [1.82, 2.24) is 14.5 Å². The third-order valence-corrected chi connectivity index (χ3v) is 8.04. The van der Waals surface area contributed by atoms with Crippen LogP contribution in [0.15, 0.2) is 23.4 Å². The number of nitrogens with zero attached hydrogens (tertiary/aromatic N) is 3. The number of benzene rings is 1. The second kappa shape index (κ2) is 9.38. The standard InChI is InChI=1S/C25H33N3O3S/c1-17-18(2)28(20-7-3-4-8-20)25(26-17)32-16-24(29)27-12-5-9-21(27)19-10-11-22-23(15-19)31-14-6-13-30-22/h10-11,15,20-21H,3-9,12-14,16H2,1-2H3/t21-/m0/s1. The molecule has 0 bridgehead atoms. The van der Waals surface area contributed by atoms with Gasteiger partial charge in [-0.2, -0.15) is 0 Å². The first-order valence-corrected chi connectivity index (χ1v) is 13.0. The number of carbonyl (C=O) groups excluding carboxylic acids is 1. The lowest BCUT2D eigenvalue weighted by molar-refractivity contribution is -0.129. The zero-order valence-corrected chi connectivity index (χ0v) is 20.0. The molecule has 1 amide bonds. The van der Waals surface area contributed by atoms with Crippen molar-refractivity contribution >= 4 is 17.7 Å². The maximum Gasteiger partial charge on any atom is 0.233 e. The highest BCUT2D eigenvalue weighted by atomic mass is 32.2. The van der Waals surface area contributed by atoms with Gasteiger partial charge in [-0.25, -0.2) is 4.98 Å². The fourth-order valence-electron chi connectivity index (χ4n) is 5.30. The van der Waals surface area contributed by atoms with E-state index >= 15 is 0 Å². The third kappa shape index (κ3) is 4.24. The van der Waals surface area contributed by atoms with E-state index in [1.807, 2.05) is 6.07 Å². The molecule has 1 saturated carbocycles. The van der Waals surface area contributed by atoms with Gasteiger partial charge in [-0.3, -0.25) is 4.79 Å². The van der Waals surface area contributed by atoms with Crippen LogP contribution in [0.25, 0.3) is 0 Å². The summed E-state index contributed by atoms with van der Waals surface area (Å²) in [6, 6.07) is 6.81. The van der Waals surface area contributed by atoms with Crippen molar-refractivity contribution in [3.8, 4) is 11.5 Å². The van der Waals surface area contributed by atoms with Gasteiger partial charge < -0.3 is 18.9 Å². The SMILES string of the molecule is Cc1nc(SCC(=O)N2CCC[C@H]2c2ccc3c(c2)OCCCO3)n(C2CCCC2)c1C. The fraction of sp³-hybridized carbons (Fsp3) is 0.600. The predicted octanol–water partition coefficient (Wildman–Crippen LogP) is 5.23. The number of hydrogen-bond acceptors (Lipinski definition) is 5. The van der Waals surface area contributed by atoms with Crippen LogP contribution < -0.4 is 9.47 Å². The molecule has 32 heavy (non-hydrogen) atoms. The molecule has 1 aliphatic carbocycles. The first kappa shape index (κ1) is 21.7. The van der Waals surface area contributed by atoms with Crippen molar-refractivity contribution in [3.63, 3.8) is 0 Å². The Morgan fingerprint density at radius 3 is 2.66 bits per heavy atom. The quantitative estimate of drug-likeness (QED) is 0.578. The van der Waals surface area contributed by atoms with Crippen LogP contribution in [0.3, 0.4) is 0 Å². The fourth-order valence-corrected chi connectivity index (χ4v) is 6.34. The molecule has 1 aromatic heterocycles. The van der Waals surface area contributed by atoms with Gasteiger partial charge in [0.25, 0.3) is 0 Å². The van der Waals surface area contributed by atoms with Gasteiger partial charge in [-0.15, -0.1) is 0 Å². The normalized spacial score (nSPS) is 21.2. The maximum absolute atomic E-state index is 13.3. The number of likely N-dealkylation sites (tertiary alicyclic amines) is 1. The van der Waals surface area contributed by atoms with Crippen molar-refractivity contribution in [1.29, 1.82) is 0 Å². The van der Waals surface area contributed by atoms with E-state index in [-0.39, 0.29) is 11.9 Å². The molecule has 172 valence electrons. The van der Waals surface area contributed by atoms with E-state index in [9.17, 15) is 4.79 Å². The van der Waals surface area contributed by atoms with E-state index in [2.05, 4.69) is 35.4 Å². The highest BCUT2D eigenvalue weighted by molar-refractivity contribution is 7.99. The minimum atomic E-state index is 0.110. The molecule has 7 heteroatoms. The summed E-state index contributed by atoms with van der Waals surface area (Å²) in [6.07, 6.45) is 7.93. The Balaban J connectivity index is 1.29. The van der Waals surface area contributed by atoms with Gasteiger partial charge in [0.15, 0.2) is 16.7 Å². The van der Waals surface area contributed by atoms with Crippen LogP contribution in [-0.4, -0.2) is 45.9 Å². The molecule has 2 aliphatic heterocycles. The number of carbonyl (C=O) groups is 1. The van der Waals surface area contributed by atoms with Gasteiger partial charge in [0.05, 0.1) is 30.7 Å². The number of aromatic nitrogens is 2. The zero-order valence-electron chi connectivity index (χ0n) is 19.1. The average molecular weight is 456 g/mol. The molecule has 2 aromatic rings. The molecular formula is C25H33N3O3S.